The first-order valence-electron chi connectivity index (χ1n) is 7.48. The van der Waals surface area contributed by atoms with Crippen molar-refractivity contribution in [1.29, 1.82) is 0 Å². The predicted octanol–water partition coefficient (Wildman–Crippen LogP) is 3.91. The smallest absolute Gasteiger partial charge is 0.371 e. The molecule has 0 aliphatic carbocycles. The quantitative estimate of drug-likeness (QED) is 0.907. The van der Waals surface area contributed by atoms with Gasteiger partial charge in [0, 0.05) is 25.3 Å². The number of anilines is 1. The van der Waals surface area contributed by atoms with Crippen LogP contribution in [0.25, 0.3) is 0 Å². The molecular weight excluding hydrogens is 277 g/mol. The number of nitrogens with zero attached hydrogens (tertiary/aromatic N) is 1. The third-order valence-electron chi connectivity index (χ3n) is 4.32. The summed E-state index contributed by atoms with van der Waals surface area (Å²) in [6.45, 7) is 8.73. The van der Waals surface area contributed by atoms with Crippen molar-refractivity contribution in [3.8, 4) is 0 Å². The SMILES string of the molecule is CCNCc1ccc(N2CC(C)C(C)C2)cc1C(F)(F)F. The largest absolute Gasteiger partial charge is 0.416 e. The second-order valence-corrected chi connectivity index (χ2v) is 5.98. The van der Waals surface area contributed by atoms with Crippen LogP contribution in [0.5, 0.6) is 0 Å². The zero-order valence-corrected chi connectivity index (χ0v) is 12.8. The van der Waals surface area contributed by atoms with Crippen molar-refractivity contribution in [3.63, 3.8) is 0 Å². The van der Waals surface area contributed by atoms with E-state index in [0.29, 0.717) is 29.6 Å². The third kappa shape index (κ3) is 3.70. The Hall–Kier alpha value is -1.23. The van der Waals surface area contributed by atoms with E-state index in [1.54, 1.807) is 6.07 Å². The number of benzene rings is 1. The van der Waals surface area contributed by atoms with E-state index >= 15 is 0 Å². The molecule has 0 amide bonds. The van der Waals surface area contributed by atoms with Gasteiger partial charge in [0.25, 0.3) is 0 Å². The van der Waals surface area contributed by atoms with Crippen LogP contribution < -0.4 is 10.2 Å². The van der Waals surface area contributed by atoms with Gasteiger partial charge in [-0.25, -0.2) is 0 Å². The molecule has 0 spiro atoms. The van der Waals surface area contributed by atoms with Crippen LogP contribution in [0, 0.1) is 11.8 Å². The van der Waals surface area contributed by atoms with Crippen molar-refractivity contribution in [1.82, 2.24) is 5.32 Å². The van der Waals surface area contributed by atoms with Crippen molar-refractivity contribution in [2.45, 2.75) is 33.5 Å². The summed E-state index contributed by atoms with van der Waals surface area (Å²) in [6.07, 6.45) is -4.31. The highest BCUT2D eigenvalue weighted by Crippen LogP contribution is 2.36. The topological polar surface area (TPSA) is 15.3 Å². The average Bonchev–Trinajstić information content (AvgIpc) is 2.75. The van der Waals surface area contributed by atoms with Crippen LogP contribution in [-0.4, -0.2) is 19.6 Å². The summed E-state index contributed by atoms with van der Waals surface area (Å²) in [5.41, 5.74) is 0.473. The summed E-state index contributed by atoms with van der Waals surface area (Å²) >= 11 is 0. The van der Waals surface area contributed by atoms with E-state index < -0.39 is 11.7 Å². The number of alkyl halides is 3. The first-order valence-corrected chi connectivity index (χ1v) is 7.48. The molecule has 1 heterocycles. The Kier molecular flexibility index (Phi) is 4.81. The van der Waals surface area contributed by atoms with E-state index in [1.807, 2.05) is 13.0 Å². The van der Waals surface area contributed by atoms with E-state index in [0.717, 1.165) is 13.1 Å². The molecular formula is C16H23F3N2. The molecule has 118 valence electrons. The molecule has 0 saturated carbocycles. The minimum atomic E-state index is -4.31. The van der Waals surface area contributed by atoms with Gasteiger partial charge in [0.15, 0.2) is 0 Å². The maximum Gasteiger partial charge on any atom is 0.416 e. The van der Waals surface area contributed by atoms with E-state index in [2.05, 4.69) is 24.1 Å². The van der Waals surface area contributed by atoms with Gasteiger partial charge in [0.05, 0.1) is 5.56 Å². The van der Waals surface area contributed by atoms with E-state index in [-0.39, 0.29) is 6.54 Å². The number of hydrogen-bond acceptors (Lipinski definition) is 2. The van der Waals surface area contributed by atoms with E-state index in [9.17, 15) is 13.2 Å². The van der Waals surface area contributed by atoms with Crippen molar-refractivity contribution in [2.75, 3.05) is 24.5 Å². The highest BCUT2D eigenvalue weighted by atomic mass is 19.4. The number of halogens is 3. The number of hydrogen-bond donors (Lipinski definition) is 1. The Morgan fingerprint density at radius 3 is 2.33 bits per heavy atom. The van der Waals surface area contributed by atoms with Gasteiger partial charge in [0.1, 0.15) is 0 Å². The van der Waals surface area contributed by atoms with Crippen molar-refractivity contribution >= 4 is 5.69 Å². The molecule has 0 radical (unpaired) electrons. The Morgan fingerprint density at radius 2 is 1.81 bits per heavy atom. The third-order valence-corrected chi connectivity index (χ3v) is 4.32. The maximum atomic E-state index is 13.2. The molecule has 5 heteroatoms. The Morgan fingerprint density at radius 1 is 1.19 bits per heavy atom. The first-order chi connectivity index (χ1) is 9.82. The summed E-state index contributed by atoms with van der Waals surface area (Å²) in [4.78, 5) is 2.06. The van der Waals surface area contributed by atoms with Crippen LogP contribution >= 0.6 is 0 Å². The summed E-state index contributed by atoms with van der Waals surface area (Å²) in [5, 5.41) is 2.97. The lowest BCUT2D eigenvalue weighted by Gasteiger charge is -2.22. The number of nitrogens with one attached hydrogen (secondary N) is 1. The van der Waals surface area contributed by atoms with Crippen LogP contribution in [0.2, 0.25) is 0 Å². The molecule has 1 saturated heterocycles. The van der Waals surface area contributed by atoms with Crippen molar-refractivity contribution in [2.24, 2.45) is 11.8 Å². The molecule has 2 atom stereocenters. The minimum absolute atomic E-state index is 0.248. The van der Waals surface area contributed by atoms with E-state index in [4.69, 9.17) is 0 Å². The van der Waals surface area contributed by atoms with Gasteiger partial charge in [-0.05, 0) is 36.1 Å². The zero-order valence-electron chi connectivity index (χ0n) is 12.8. The molecule has 0 bridgehead atoms. The normalized spacial score (nSPS) is 22.9. The van der Waals surface area contributed by atoms with Crippen molar-refractivity contribution in [3.05, 3.63) is 29.3 Å². The Balaban J connectivity index is 2.29. The molecule has 0 aromatic heterocycles. The second-order valence-electron chi connectivity index (χ2n) is 5.98. The fourth-order valence-corrected chi connectivity index (χ4v) is 2.78. The number of rotatable bonds is 4. The van der Waals surface area contributed by atoms with Crippen LogP contribution in [0.15, 0.2) is 18.2 Å². The fourth-order valence-electron chi connectivity index (χ4n) is 2.78. The molecule has 2 unspecified atom stereocenters. The first kappa shape index (κ1) is 16.1. The van der Waals surface area contributed by atoms with Crippen LogP contribution in [0.3, 0.4) is 0 Å². The molecule has 1 aliphatic heterocycles. The van der Waals surface area contributed by atoms with Crippen molar-refractivity contribution < 1.29 is 13.2 Å². The van der Waals surface area contributed by atoms with Crippen LogP contribution in [-0.2, 0) is 12.7 Å². The fraction of sp³-hybridized carbons (Fsp3) is 0.625. The van der Waals surface area contributed by atoms with Gasteiger partial charge in [0.2, 0.25) is 0 Å². The van der Waals surface area contributed by atoms with Gasteiger partial charge in [-0.3, -0.25) is 0 Å². The second kappa shape index (κ2) is 6.26. The molecule has 21 heavy (non-hydrogen) atoms. The maximum absolute atomic E-state index is 13.2. The lowest BCUT2D eigenvalue weighted by Crippen LogP contribution is -2.22. The summed E-state index contributed by atoms with van der Waals surface area (Å²) < 4.78 is 39.7. The highest BCUT2D eigenvalue weighted by Gasteiger charge is 2.34. The Labute approximate surface area is 124 Å². The molecule has 1 fully saturated rings. The molecule has 1 aliphatic rings. The molecule has 1 N–H and O–H groups in total. The standard InChI is InChI=1S/C16H23F3N2/c1-4-20-8-13-5-6-14(7-15(13)16(17,18)19)21-9-11(2)12(3)10-21/h5-7,11-12,20H,4,8-10H2,1-3H3. The molecule has 2 nitrogen and oxygen atoms in total. The van der Waals surface area contributed by atoms with Gasteiger partial charge in [-0.15, -0.1) is 0 Å². The summed E-state index contributed by atoms with van der Waals surface area (Å²) in [5.74, 6) is 1.03. The average molecular weight is 300 g/mol. The molecule has 1 aromatic rings. The van der Waals surface area contributed by atoms with E-state index in [1.165, 1.54) is 6.07 Å². The molecule has 1 aromatic carbocycles. The summed E-state index contributed by atoms with van der Waals surface area (Å²) in [6, 6.07) is 4.72. The monoisotopic (exact) mass is 300 g/mol. The van der Waals surface area contributed by atoms with Crippen LogP contribution in [0.1, 0.15) is 31.9 Å². The van der Waals surface area contributed by atoms with Gasteiger partial charge >= 0.3 is 6.18 Å². The lowest BCUT2D eigenvalue weighted by molar-refractivity contribution is -0.138. The zero-order chi connectivity index (χ0) is 15.6. The Bertz CT molecular complexity index is 475. The van der Waals surface area contributed by atoms with Gasteiger partial charge in [-0.2, -0.15) is 13.2 Å². The van der Waals surface area contributed by atoms with Crippen LogP contribution in [0.4, 0.5) is 18.9 Å². The minimum Gasteiger partial charge on any atom is -0.371 e. The summed E-state index contributed by atoms with van der Waals surface area (Å²) in [7, 11) is 0. The highest BCUT2D eigenvalue weighted by molar-refractivity contribution is 5.53. The predicted molar refractivity (Wildman–Crippen MR) is 79.4 cm³/mol. The molecule has 2 rings (SSSR count). The van der Waals surface area contributed by atoms with Gasteiger partial charge in [-0.1, -0.05) is 26.8 Å². The lowest BCUT2D eigenvalue weighted by atomic mass is 10.0. The van der Waals surface area contributed by atoms with Gasteiger partial charge < -0.3 is 10.2 Å².